The van der Waals surface area contributed by atoms with Crippen LogP contribution >= 0.6 is 0 Å². The van der Waals surface area contributed by atoms with Crippen molar-refractivity contribution in [3.8, 4) is 0 Å². The minimum absolute atomic E-state index is 0.101. The van der Waals surface area contributed by atoms with Crippen molar-refractivity contribution >= 4 is 0 Å². The first-order valence-electron chi connectivity index (χ1n) is 5.04. The van der Waals surface area contributed by atoms with E-state index < -0.39 is 0 Å². The molecule has 0 unspecified atom stereocenters. The monoisotopic (exact) mass is 202 g/mol. The second kappa shape index (κ2) is 4.75. The first kappa shape index (κ1) is 9.93. The first-order valence-corrected chi connectivity index (χ1v) is 5.04. The molecule has 15 heavy (non-hydrogen) atoms. The van der Waals surface area contributed by atoms with E-state index in [0.717, 1.165) is 18.7 Å². The van der Waals surface area contributed by atoms with Crippen molar-refractivity contribution in [3.63, 3.8) is 0 Å². The molecule has 0 aromatic carbocycles. The topological polar surface area (TPSA) is 38.0 Å². The molecule has 0 radical (unpaired) electrons. The van der Waals surface area contributed by atoms with Crippen LogP contribution in [0.1, 0.15) is 11.3 Å². The van der Waals surface area contributed by atoms with Crippen LogP contribution < -0.4 is 0 Å². The van der Waals surface area contributed by atoms with Gasteiger partial charge in [0.05, 0.1) is 6.61 Å². The van der Waals surface area contributed by atoms with Crippen LogP contribution in [-0.4, -0.2) is 14.7 Å². The SMILES string of the molecule is OCc1cccn1CCc1ccncc1. The molecule has 0 saturated carbocycles. The van der Waals surface area contributed by atoms with Crippen LogP contribution in [0, 0.1) is 0 Å². The normalized spacial score (nSPS) is 10.5. The van der Waals surface area contributed by atoms with Crippen molar-refractivity contribution in [2.75, 3.05) is 0 Å². The molecule has 2 rings (SSSR count). The molecule has 2 heterocycles. The standard InChI is InChI=1S/C12H14N2O/c15-10-12-2-1-8-14(12)9-5-11-3-6-13-7-4-11/h1-4,6-8,15H,5,9-10H2. The van der Waals surface area contributed by atoms with Crippen molar-refractivity contribution in [3.05, 3.63) is 54.1 Å². The van der Waals surface area contributed by atoms with Gasteiger partial charge >= 0.3 is 0 Å². The summed E-state index contributed by atoms with van der Waals surface area (Å²) in [5.41, 5.74) is 2.23. The Balaban J connectivity index is 1.99. The van der Waals surface area contributed by atoms with Gasteiger partial charge in [-0.05, 0) is 36.2 Å². The molecular weight excluding hydrogens is 188 g/mol. The molecule has 0 aliphatic carbocycles. The van der Waals surface area contributed by atoms with Crippen LogP contribution in [0.25, 0.3) is 0 Å². The molecule has 0 amide bonds. The third-order valence-corrected chi connectivity index (χ3v) is 2.48. The molecule has 0 bridgehead atoms. The quantitative estimate of drug-likeness (QED) is 0.818. The Bertz CT molecular complexity index is 409. The van der Waals surface area contributed by atoms with Crippen LogP contribution in [0.2, 0.25) is 0 Å². The molecule has 0 fully saturated rings. The van der Waals surface area contributed by atoms with Crippen molar-refractivity contribution in [1.29, 1.82) is 0 Å². The summed E-state index contributed by atoms with van der Waals surface area (Å²) >= 11 is 0. The highest BCUT2D eigenvalue weighted by molar-refractivity contribution is 5.11. The summed E-state index contributed by atoms with van der Waals surface area (Å²) in [4.78, 5) is 3.98. The highest BCUT2D eigenvalue weighted by atomic mass is 16.3. The van der Waals surface area contributed by atoms with Gasteiger partial charge < -0.3 is 9.67 Å². The van der Waals surface area contributed by atoms with Gasteiger partial charge in [0, 0.05) is 30.8 Å². The van der Waals surface area contributed by atoms with Crippen molar-refractivity contribution < 1.29 is 5.11 Å². The smallest absolute Gasteiger partial charge is 0.0832 e. The number of aliphatic hydroxyl groups is 1. The lowest BCUT2D eigenvalue weighted by molar-refractivity contribution is 0.270. The fourth-order valence-corrected chi connectivity index (χ4v) is 1.61. The minimum atomic E-state index is 0.101. The average molecular weight is 202 g/mol. The first-order chi connectivity index (χ1) is 7.40. The van der Waals surface area contributed by atoms with E-state index in [9.17, 15) is 0 Å². The Kier molecular flexibility index (Phi) is 3.15. The second-order valence-corrected chi connectivity index (χ2v) is 3.46. The Morgan fingerprint density at radius 2 is 2.00 bits per heavy atom. The minimum Gasteiger partial charge on any atom is -0.390 e. The van der Waals surface area contributed by atoms with Crippen LogP contribution in [0.5, 0.6) is 0 Å². The van der Waals surface area contributed by atoms with Crippen molar-refractivity contribution in [2.24, 2.45) is 0 Å². The van der Waals surface area contributed by atoms with Crippen LogP contribution in [0.4, 0.5) is 0 Å². The van der Waals surface area contributed by atoms with Gasteiger partial charge in [-0.25, -0.2) is 0 Å². The van der Waals surface area contributed by atoms with Gasteiger partial charge in [0.1, 0.15) is 0 Å². The summed E-state index contributed by atoms with van der Waals surface area (Å²) in [5, 5.41) is 9.07. The van der Waals surface area contributed by atoms with E-state index >= 15 is 0 Å². The molecule has 2 aromatic rings. The molecular formula is C12H14N2O. The maximum absolute atomic E-state index is 9.07. The lowest BCUT2D eigenvalue weighted by Gasteiger charge is -2.06. The molecule has 0 aliphatic rings. The zero-order valence-corrected chi connectivity index (χ0v) is 8.50. The maximum Gasteiger partial charge on any atom is 0.0832 e. The molecule has 0 saturated heterocycles. The molecule has 1 N–H and O–H groups in total. The summed E-state index contributed by atoms with van der Waals surface area (Å²) in [6, 6.07) is 7.93. The van der Waals surface area contributed by atoms with E-state index in [1.165, 1.54) is 5.56 Å². The fourth-order valence-electron chi connectivity index (χ4n) is 1.61. The Morgan fingerprint density at radius 3 is 2.73 bits per heavy atom. The molecule has 0 aliphatic heterocycles. The maximum atomic E-state index is 9.07. The molecule has 3 heteroatoms. The Morgan fingerprint density at radius 1 is 1.20 bits per heavy atom. The lowest BCUT2D eigenvalue weighted by atomic mass is 10.2. The number of aromatic nitrogens is 2. The molecule has 3 nitrogen and oxygen atoms in total. The molecule has 78 valence electrons. The van der Waals surface area contributed by atoms with Gasteiger partial charge in [0.15, 0.2) is 0 Å². The molecule has 2 aromatic heterocycles. The number of pyridine rings is 1. The molecule has 0 atom stereocenters. The lowest BCUT2D eigenvalue weighted by Crippen LogP contribution is -2.04. The Hall–Kier alpha value is -1.61. The number of aryl methyl sites for hydroxylation is 2. The van der Waals surface area contributed by atoms with E-state index in [1.807, 2.05) is 30.5 Å². The summed E-state index contributed by atoms with van der Waals surface area (Å²) < 4.78 is 2.07. The van der Waals surface area contributed by atoms with E-state index in [4.69, 9.17) is 5.11 Å². The summed E-state index contributed by atoms with van der Waals surface area (Å²) in [6.07, 6.45) is 6.56. The van der Waals surface area contributed by atoms with E-state index in [2.05, 4.69) is 9.55 Å². The number of rotatable bonds is 4. The number of aliphatic hydroxyl groups excluding tert-OH is 1. The summed E-state index contributed by atoms with van der Waals surface area (Å²) in [5.74, 6) is 0. The number of hydrogen-bond donors (Lipinski definition) is 1. The highest BCUT2D eigenvalue weighted by Gasteiger charge is 1.99. The average Bonchev–Trinajstić information content (AvgIpc) is 2.75. The predicted molar refractivity (Wildman–Crippen MR) is 58.3 cm³/mol. The van der Waals surface area contributed by atoms with Crippen molar-refractivity contribution in [2.45, 2.75) is 19.6 Å². The molecule has 0 spiro atoms. The summed E-state index contributed by atoms with van der Waals surface area (Å²) in [7, 11) is 0. The van der Waals surface area contributed by atoms with E-state index in [0.29, 0.717) is 0 Å². The van der Waals surface area contributed by atoms with Crippen LogP contribution in [0.3, 0.4) is 0 Å². The van der Waals surface area contributed by atoms with Gasteiger partial charge in [-0.2, -0.15) is 0 Å². The van der Waals surface area contributed by atoms with E-state index in [1.54, 1.807) is 12.4 Å². The third-order valence-electron chi connectivity index (χ3n) is 2.48. The van der Waals surface area contributed by atoms with Crippen LogP contribution in [0.15, 0.2) is 42.9 Å². The van der Waals surface area contributed by atoms with Gasteiger partial charge in [-0.15, -0.1) is 0 Å². The summed E-state index contributed by atoms with van der Waals surface area (Å²) in [6.45, 7) is 0.996. The number of nitrogens with zero attached hydrogens (tertiary/aromatic N) is 2. The fraction of sp³-hybridized carbons (Fsp3) is 0.250. The highest BCUT2D eigenvalue weighted by Crippen LogP contribution is 2.05. The zero-order chi connectivity index (χ0) is 10.5. The number of hydrogen-bond acceptors (Lipinski definition) is 2. The third kappa shape index (κ3) is 2.44. The zero-order valence-electron chi connectivity index (χ0n) is 8.50. The van der Waals surface area contributed by atoms with Crippen LogP contribution in [-0.2, 0) is 19.6 Å². The van der Waals surface area contributed by atoms with Gasteiger partial charge in [-0.1, -0.05) is 0 Å². The predicted octanol–water partition coefficient (Wildman–Crippen LogP) is 1.62. The van der Waals surface area contributed by atoms with E-state index in [-0.39, 0.29) is 6.61 Å². The van der Waals surface area contributed by atoms with Gasteiger partial charge in [0.25, 0.3) is 0 Å². The van der Waals surface area contributed by atoms with Gasteiger partial charge in [0.2, 0.25) is 0 Å². The van der Waals surface area contributed by atoms with Crippen molar-refractivity contribution in [1.82, 2.24) is 9.55 Å². The Labute approximate surface area is 89.0 Å². The largest absolute Gasteiger partial charge is 0.390 e. The second-order valence-electron chi connectivity index (χ2n) is 3.46. The van der Waals surface area contributed by atoms with Gasteiger partial charge in [-0.3, -0.25) is 4.98 Å².